The van der Waals surface area contributed by atoms with Crippen molar-refractivity contribution in [3.63, 3.8) is 0 Å². The monoisotopic (exact) mass is 441 g/mol. The highest BCUT2D eigenvalue weighted by atomic mass is 32.2. The van der Waals surface area contributed by atoms with Crippen LogP contribution in [0.4, 0.5) is 15.4 Å². The maximum Gasteiger partial charge on any atom is 0.323 e. The molecule has 1 aromatic heterocycles. The number of nitrogens with one attached hydrogen (secondary N) is 1. The van der Waals surface area contributed by atoms with Gasteiger partial charge in [-0.25, -0.2) is 18.0 Å². The van der Waals surface area contributed by atoms with Gasteiger partial charge in [0.2, 0.25) is 0 Å². The van der Waals surface area contributed by atoms with Crippen molar-refractivity contribution in [3.05, 3.63) is 11.8 Å². The highest BCUT2D eigenvalue weighted by molar-refractivity contribution is 7.91. The minimum absolute atomic E-state index is 0.0273. The smallest absolute Gasteiger partial charge is 0.323 e. The minimum atomic E-state index is -3.02. The van der Waals surface area contributed by atoms with Crippen molar-refractivity contribution >= 4 is 27.7 Å². The van der Waals surface area contributed by atoms with Crippen molar-refractivity contribution in [2.24, 2.45) is 0 Å². The SMILES string of the molecule is CC(C)(C)c1cc(NC(=O)N2CCCN(C(=O)N3CCS(=O)(=O)CC3)CCC2)no1. The zero-order valence-corrected chi connectivity index (χ0v) is 18.7. The minimum Gasteiger partial charge on any atom is -0.359 e. The molecule has 2 aliphatic rings. The second-order valence-electron chi connectivity index (χ2n) is 8.86. The summed E-state index contributed by atoms with van der Waals surface area (Å²) >= 11 is 0. The van der Waals surface area contributed by atoms with E-state index in [0.29, 0.717) is 50.6 Å². The van der Waals surface area contributed by atoms with Crippen molar-refractivity contribution < 1.29 is 22.5 Å². The summed E-state index contributed by atoms with van der Waals surface area (Å²) in [5.41, 5.74) is -0.189. The molecule has 0 bridgehead atoms. The summed E-state index contributed by atoms with van der Waals surface area (Å²) in [4.78, 5) is 30.4. The molecule has 0 unspecified atom stereocenters. The molecular weight excluding hydrogens is 410 g/mol. The van der Waals surface area contributed by atoms with E-state index in [-0.39, 0.29) is 42.1 Å². The number of carbonyl (C=O) groups is 2. The van der Waals surface area contributed by atoms with Gasteiger partial charge < -0.3 is 19.2 Å². The standard InChI is InChI=1S/C19H31N5O5S/c1-19(2,3)15-14-16(21-29-15)20-17(25)22-6-4-8-23(9-5-7-22)18(26)24-10-12-30(27,28)13-11-24/h14H,4-13H2,1-3H3,(H,20,21,25). The summed E-state index contributed by atoms with van der Waals surface area (Å²) in [6.07, 6.45) is 1.30. The summed E-state index contributed by atoms with van der Waals surface area (Å²) in [7, 11) is -3.02. The predicted octanol–water partition coefficient (Wildman–Crippen LogP) is 1.75. The van der Waals surface area contributed by atoms with Gasteiger partial charge in [0.05, 0.1) is 11.5 Å². The molecule has 0 spiro atoms. The van der Waals surface area contributed by atoms with Crippen LogP contribution in [-0.2, 0) is 15.3 Å². The second-order valence-corrected chi connectivity index (χ2v) is 11.2. The molecule has 2 aliphatic heterocycles. The molecule has 1 aromatic rings. The van der Waals surface area contributed by atoms with Gasteiger partial charge in [0.25, 0.3) is 0 Å². The molecule has 3 rings (SSSR count). The average molecular weight is 442 g/mol. The fourth-order valence-corrected chi connectivity index (χ4v) is 4.70. The molecule has 168 valence electrons. The van der Waals surface area contributed by atoms with E-state index in [1.165, 1.54) is 0 Å². The molecule has 0 saturated carbocycles. The summed E-state index contributed by atoms with van der Waals surface area (Å²) in [5.74, 6) is 1.15. The first-order chi connectivity index (χ1) is 14.0. The Bertz CT molecular complexity index is 852. The number of sulfone groups is 1. The lowest BCUT2D eigenvalue weighted by Crippen LogP contribution is -2.51. The number of nitrogens with zero attached hydrogens (tertiary/aromatic N) is 4. The average Bonchev–Trinajstić information content (AvgIpc) is 3.10. The van der Waals surface area contributed by atoms with Gasteiger partial charge in [0.15, 0.2) is 15.7 Å². The van der Waals surface area contributed by atoms with Crippen molar-refractivity contribution in [1.82, 2.24) is 19.9 Å². The molecule has 0 radical (unpaired) electrons. The maximum atomic E-state index is 12.7. The van der Waals surface area contributed by atoms with Gasteiger partial charge in [-0.2, -0.15) is 0 Å². The van der Waals surface area contributed by atoms with E-state index >= 15 is 0 Å². The Morgan fingerprint density at radius 1 is 0.967 bits per heavy atom. The van der Waals surface area contributed by atoms with Crippen LogP contribution in [0.15, 0.2) is 10.6 Å². The summed E-state index contributed by atoms with van der Waals surface area (Å²) in [5, 5.41) is 6.70. The molecule has 2 saturated heterocycles. The van der Waals surface area contributed by atoms with Crippen molar-refractivity contribution in [3.8, 4) is 0 Å². The zero-order chi connectivity index (χ0) is 21.9. The van der Waals surface area contributed by atoms with Gasteiger partial charge in [-0.3, -0.25) is 5.32 Å². The van der Waals surface area contributed by atoms with E-state index in [0.717, 1.165) is 0 Å². The van der Waals surface area contributed by atoms with Crippen LogP contribution in [0.3, 0.4) is 0 Å². The quantitative estimate of drug-likeness (QED) is 0.710. The van der Waals surface area contributed by atoms with Crippen molar-refractivity contribution in [2.45, 2.75) is 39.0 Å². The van der Waals surface area contributed by atoms with E-state index in [1.54, 1.807) is 20.8 Å². The number of hydrogen-bond donors (Lipinski definition) is 1. The lowest BCUT2D eigenvalue weighted by Gasteiger charge is -2.35. The predicted molar refractivity (Wildman–Crippen MR) is 112 cm³/mol. The molecular formula is C19H31N5O5S. The van der Waals surface area contributed by atoms with Crippen LogP contribution in [0.5, 0.6) is 0 Å². The van der Waals surface area contributed by atoms with Gasteiger partial charge in [-0.1, -0.05) is 25.9 Å². The molecule has 0 atom stereocenters. The van der Waals surface area contributed by atoms with Crippen LogP contribution in [0.2, 0.25) is 0 Å². The van der Waals surface area contributed by atoms with Crippen molar-refractivity contribution in [2.75, 3.05) is 56.1 Å². The van der Waals surface area contributed by atoms with E-state index < -0.39 is 9.84 Å². The largest absolute Gasteiger partial charge is 0.359 e. The topological polar surface area (TPSA) is 116 Å². The highest BCUT2D eigenvalue weighted by Crippen LogP contribution is 2.24. The first-order valence-corrected chi connectivity index (χ1v) is 12.1. The number of anilines is 1. The number of carbonyl (C=O) groups excluding carboxylic acids is 2. The van der Waals surface area contributed by atoms with Crippen molar-refractivity contribution in [1.29, 1.82) is 0 Å². The number of hydrogen-bond acceptors (Lipinski definition) is 6. The zero-order valence-electron chi connectivity index (χ0n) is 17.9. The molecule has 4 amide bonds. The fraction of sp³-hybridized carbons (Fsp3) is 0.737. The van der Waals surface area contributed by atoms with Crippen LogP contribution in [0.1, 0.15) is 39.4 Å². The Balaban J connectivity index is 1.49. The highest BCUT2D eigenvalue weighted by Gasteiger charge is 2.29. The number of rotatable bonds is 1. The van der Waals surface area contributed by atoms with E-state index in [4.69, 9.17) is 4.52 Å². The Labute approximate surface area is 177 Å². The molecule has 1 N–H and O–H groups in total. The lowest BCUT2D eigenvalue weighted by molar-refractivity contribution is 0.144. The number of aromatic nitrogens is 1. The molecule has 2 fully saturated rings. The third-order valence-electron chi connectivity index (χ3n) is 5.37. The first kappa shape index (κ1) is 22.4. The van der Waals surface area contributed by atoms with Crippen LogP contribution in [0, 0.1) is 0 Å². The Hall–Kier alpha value is -2.30. The molecule has 10 nitrogen and oxygen atoms in total. The summed E-state index contributed by atoms with van der Waals surface area (Å²) in [6.45, 7) is 8.63. The Morgan fingerprint density at radius 2 is 1.50 bits per heavy atom. The third kappa shape index (κ3) is 5.65. The third-order valence-corrected chi connectivity index (χ3v) is 6.98. The van der Waals surface area contributed by atoms with E-state index in [2.05, 4.69) is 10.5 Å². The number of amides is 4. The summed E-state index contributed by atoms with van der Waals surface area (Å²) in [6, 6.07) is 1.39. The van der Waals surface area contributed by atoms with E-state index in [9.17, 15) is 18.0 Å². The van der Waals surface area contributed by atoms with Gasteiger partial charge in [0, 0.05) is 50.7 Å². The summed E-state index contributed by atoms with van der Waals surface area (Å²) < 4.78 is 28.4. The molecule has 0 aromatic carbocycles. The van der Waals surface area contributed by atoms with Gasteiger partial charge in [-0.15, -0.1) is 0 Å². The van der Waals surface area contributed by atoms with Gasteiger partial charge in [0.1, 0.15) is 5.76 Å². The molecule has 30 heavy (non-hydrogen) atoms. The maximum absolute atomic E-state index is 12.7. The normalized spacial score (nSPS) is 20.4. The van der Waals surface area contributed by atoms with Gasteiger partial charge in [-0.05, 0) is 12.8 Å². The van der Waals surface area contributed by atoms with Crippen LogP contribution in [-0.4, -0.2) is 91.1 Å². The molecule has 3 heterocycles. The Kier molecular flexibility index (Phi) is 6.59. The fourth-order valence-electron chi connectivity index (χ4n) is 3.50. The van der Waals surface area contributed by atoms with Crippen LogP contribution >= 0.6 is 0 Å². The molecule has 0 aliphatic carbocycles. The first-order valence-electron chi connectivity index (χ1n) is 10.3. The second kappa shape index (κ2) is 8.83. The van der Waals surface area contributed by atoms with E-state index in [1.807, 2.05) is 20.8 Å². The van der Waals surface area contributed by atoms with Crippen LogP contribution < -0.4 is 5.32 Å². The van der Waals surface area contributed by atoms with Crippen LogP contribution in [0.25, 0.3) is 0 Å². The molecule has 11 heteroatoms. The lowest BCUT2D eigenvalue weighted by atomic mass is 9.93. The number of urea groups is 2. The Morgan fingerprint density at radius 3 is 2.03 bits per heavy atom. The van der Waals surface area contributed by atoms with Gasteiger partial charge >= 0.3 is 12.1 Å².